The van der Waals surface area contributed by atoms with Crippen molar-refractivity contribution < 1.29 is 148 Å². The van der Waals surface area contributed by atoms with Crippen molar-refractivity contribution in [3.63, 3.8) is 0 Å². The first-order valence-corrected chi connectivity index (χ1v) is 33.3. The fraction of sp³-hybridized carbons (Fsp3) is 0.754. The molecular weight excluding hydrogens is 1380 g/mol. The van der Waals surface area contributed by atoms with E-state index in [1.54, 1.807) is 21.8 Å². The molecule has 4 heterocycles. The monoisotopic (exact) mass is 1480 g/mol. The van der Waals surface area contributed by atoms with E-state index in [0.29, 0.717) is 50.2 Å². The predicted molar refractivity (Wildman–Crippen MR) is 333 cm³/mol. The number of aliphatic hydroxyl groups is 8. The van der Waals surface area contributed by atoms with Crippen LogP contribution in [0.4, 0.5) is 22.0 Å². The molecule has 0 unspecified atom stereocenters. The highest BCUT2D eigenvalue weighted by molar-refractivity contribution is 5.87. The number of carbonyl (C=O) groups is 5. The molecule has 102 heavy (non-hydrogen) atoms. The number of rotatable bonds is 55. The van der Waals surface area contributed by atoms with Crippen LogP contribution in [0.15, 0.2) is 12.4 Å². The normalized spacial score (nSPS) is 20.9. The number of nitrogens with zero attached hydrogens (tertiary/aromatic N) is 6. The molecule has 11 atom stereocenters. The van der Waals surface area contributed by atoms with Crippen LogP contribution in [0.2, 0.25) is 0 Å². The van der Waals surface area contributed by atoms with Crippen molar-refractivity contribution in [1.29, 1.82) is 0 Å². The van der Waals surface area contributed by atoms with Gasteiger partial charge >= 0.3 is 5.97 Å². The maximum atomic E-state index is 13.7. The summed E-state index contributed by atoms with van der Waals surface area (Å²) in [5.74, 6) is -15.9. The Morgan fingerprint density at radius 2 is 0.863 bits per heavy atom. The molecule has 41 heteroatoms. The second kappa shape index (κ2) is 49.4. The second-order valence-corrected chi connectivity index (χ2v) is 22.8. The summed E-state index contributed by atoms with van der Waals surface area (Å²) in [6.07, 6.45) is -8.87. The standard InChI is InChI=1S/C61H95F5N10O26/c62-47-48(63)50(65)58(51(66)49(47)64)102-46(82)10-18-92-26-30-96-32-33-97-31-27-93-21-13-69-59(89)40(4-1-2-11-67-43(79)8-16-90-24-28-94-22-14-75-34-38(71-73-75)6-19-98-60-56(87)54(85)52(83)41(36-77)100-60)70-45(81)5-3-12-68-44(80)9-17-91-25-29-95-23-15-76-35-39(72-74-76)7-20-99-61-57(88)55(86)53(84)42(37-78)101-61/h34-35,40-42,52-57,60-61,77-78,83-88H,1-33,36-37H2,(H,67,79)(H,68,80)(H,69,89)(H,70,81)/t40-,41+,42+,52-,53-,54-,55-,56+,57+,60+,61+/m0/s1. The van der Waals surface area contributed by atoms with Gasteiger partial charge in [0.15, 0.2) is 12.6 Å². The van der Waals surface area contributed by atoms with Gasteiger partial charge in [-0.3, -0.25) is 24.0 Å². The molecule has 12 N–H and O–H groups in total. The number of benzene rings is 1. The van der Waals surface area contributed by atoms with Gasteiger partial charge in [0.2, 0.25) is 58.5 Å². The van der Waals surface area contributed by atoms with E-state index in [2.05, 4.69) is 46.6 Å². The topological polar surface area (TPSA) is 477 Å². The molecular formula is C61H95F5N10O26. The van der Waals surface area contributed by atoms with Crippen LogP contribution in [0.3, 0.4) is 0 Å². The number of halogens is 5. The number of aliphatic hydroxyl groups excluding tert-OH is 8. The van der Waals surface area contributed by atoms with Gasteiger partial charge in [-0.05, 0) is 25.7 Å². The smallest absolute Gasteiger partial charge is 0.313 e. The minimum atomic E-state index is -2.39. The number of hydrogen-bond donors (Lipinski definition) is 12. The summed E-state index contributed by atoms with van der Waals surface area (Å²) in [7, 11) is 0. The van der Waals surface area contributed by atoms with E-state index in [0.717, 1.165) is 0 Å². The van der Waals surface area contributed by atoms with Gasteiger partial charge in [0, 0.05) is 64.1 Å². The van der Waals surface area contributed by atoms with Crippen LogP contribution in [-0.2, 0) is 107 Å². The van der Waals surface area contributed by atoms with Crippen LogP contribution in [0.5, 0.6) is 5.75 Å². The lowest BCUT2D eigenvalue weighted by molar-refractivity contribution is -0.300. The van der Waals surface area contributed by atoms with Gasteiger partial charge < -0.3 is 124 Å². The third kappa shape index (κ3) is 32.0. The summed E-state index contributed by atoms with van der Waals surface area (Å²) in [6, 6.07) is -0.937. The highest BCUT2D eigenvalue weighted by atomic mass is 19.2. The molecule has 5 rings (SSSR count). The third-order valence-corrected chi connectivity index (χ3v) is 15.1. The Balaban J connectivity index is 0.890. The Morgan fingerprint density at radius 1 is 0.451 bits per heavy atom. The average Bonchev–Trinajstić information content (AvgIpc) is 0.960. The molecule has 2 aliphatic rings. The van der Waals surface area contributed by atoms with Crippen molar-refractivity contribution in [2.24, 2.45) is 0 Å². The maximum Gasteiger partial charge on any atom is 0.313 e. The molecule has 0 aliphatic carbocycles. The largest absolute Gasteiger partial charge is 0.420 e. The van der Waals surface area contributed by atoms with E-state index < -0.39 is 140 Å². The Hall–Kier alpha value is -6.30. The molecule has 4 amide bonds. The van der Waals surface area contributed by atoms with Crippen molar-refractivity contribution in [2.45, 2.75) is 145 Å². The fourth-order valence-electron chi connectivity index (χ4n) is 9.40. The first kappa shape index (κ1) is 86.3. The number of esters is 1. The third-order valence-electron chi connectivity index (χ3n) is 15.1. The number of nitrogens with one attached hydrogen (secondary N) is 4. The van der Waals surface area contributed by atoms with Gasteiger partial charge in [-0.2, -0.15) is 8.78 Å². The van der Waals surface area contributed by atoms with Gasteiger partial charge in [0.05, 0.1) is 163 Å². The lowest BCUT2D eigenvalue weighted by Crippen LogP contribution is -2.59. The lowest BCUT2D eigenvalue weighted by Gasteiger charge is -2.39. The number of hydrogen-bond acceptors (Lipinski definition) is 30. The van der Waals surface area contributed by atoms with Gasteiger partial charge in [0.1, 0.15) is 54.9 Å². The van der Waals surface area contributed by atoms with Crippen molar-refractivity contribution in [3.8, 4) is 5.75 Å². The van der Waals surface area contributed by atoms with Crippen LogP contribution in [0.25, 0.3) is 0 Å². The molecule has 1 aromatic carbocycles. The lowest BCUT2D eigenvalue weighted by atomic mass is 9.99. The SMILES string of the molecule is O=C(CCOCCOCCn1cc(CCO[C@@H]2O[C@H](CO)[C@H](O)[C@H](O)[C@H]2O)nn1)NCCCC[C@H](NC(=O)CCCNC(=O)CCOCCOCCn1cc(CCO[C@@H]2O[C@H](CO)[C@H](O)[C@H](O)[C@H]2O)nn1)C(=O)NCCOCCOCCOCCOCCC(=O)Oc1c(F)c(F)c(F)c(F)c1F. The quantitative estimate of drug-likeness (QED) is 0.00635. The molecule has 2 aromatic heterocycles. The number of ether oxygens (including phenoxy) is 13. The maximum absolute atomic E-state index is 13.7. The van der Waals surface area contributed by atoms with Crippen LogP contribution in [-0.4, -0.2) is 320 Å². The first-order chi connectivity index (χ1) is 49.2. The zero-order chi connectivity index (χ0) is 74.0. The van der Waals surface area contributed by atoms with Crippen molar-refractivity contribution in [1.82, 2.24) is 51.3 Å². The van der Waals surface area contributed by atoms with Crippen molar-refractivity contribution in [3.05, 3.63) is 52.9 Å². The first-order valence-electron chi connectivity index (χ1n) is 33.3. The van der Waals surface area contributed by atoms with Crippen LogP contribution in [0, 0.1) is 29.1 Å². The molecule has 0 radical (unpaired) electrons. The number of carbonyl (C=O) groups excluding carboxylic acids is 5. The Bertz CT molecular complexity index is 2870. The highest BCUT2D eigenvalue weighted by Gasteiger charge is 2.45. The van der Waals surface area contributed by atoms with Gasteiger partial charge in [-0.15, -0.1) is 10.2 Å². The average molecular weight is 1480 g/mol. The minimum absolute atomic E-state index is 0.00735. The summed E-state index contributed by atoms with van der Waals surface area (Å²) in [5.41, 5.74) is 1.14. The summed E-state index contributed by atoms with van der Waals surface area (Å²) in [5, 5.41) is 106. The van der Waals surface area contributed by atoms with E-state index in [1.807, 2.05) is 0 Å². The summed E-state index contributed by atoms with van der Waals surface area (Å²) in [6.45, 7) is 2.46. The summed E-state index contributed by atoms with van der Waals surface area (Å²) in [4.78, 5) is 63.3. The molecule has 0 spiro atoms. The number of unbranched alkanes of at least 4 members (excludes halogenated alkanes) is 1. The van der Waals surface area contributed by atoms with Gasteiger partial charge in [-0.1, -0.05) is 10.4 Å². The Labute approximate surface area is 582 Å². The zero-order valence-corrected chi connectivity index (χ0v) is 56.3. The van der Waals surface area contributed by atoms with Gasteiger partial charge in [-0.25, -0.2) is 22.5 Å². The van der Waals surface area contributed by atoms with E-state index in [9.17, 15) is 86.8 Å². The molecule has 580 valence electrons. The zero-order valence-electron chi connectivity index (χ0n) is 56.3. The van der Waals surface area contributed by atoms with Crippen molar-refractivity contribution in [2.75, 3.05) is 152 Å². The molecule has 0 bridgehead atoms. The van der Waals surface area contributed by atoms with E-state index in [4.69, 9.17) is 56.8 Å². The van der Waals surface area contributed by atoms with Crippen molar-refractivity contribution >= 4 is 29.6 Å². The number of aromatic nitrogens is 6. The second-order valence-electron chi connectivity index (χ2n) is 22.8. The van der Waals surface area contributed by atoms with Crippen LogP contribution >= 0.6 is 0 Å². The Morgan fingerprint density at radius 3 is 1.32 bits per heavy atom. The molecule has 0 saturated carbocycles. The van der Waals surface area contributed by atoms with E-state index in [1.165, 1.54) is 0 Å². The number of amides is 4. The van der Waals surface area contributed by atoms with Gasteiger partial charge in [0.25, 0.3) is 0 Å². The molecule has 2 fully saturated rings. The summed E-state index contributed by atoms with van der Waals surface area (Å²) >= 11 is 0. The highest BCUT2D eigenvalue weighted by Crippen LogP contribution is 2.30. The Kier molecular flexibility index (Phi) is 41.8. The minimum Gasteiger partial charge on any atom is -0.420 e. The fourth-order valence-corrected chi connectivity index (χ4v) is 9.40. The van der Waals surface area contributed by atoms with Crippen LogP contribution < -0.4 is 26.0 Å². The van der Waals surface area contributed by atoms with Crippen LogP contribution in [0.1, 0.15) is 62.8 Å². The molecule has 3 aromatic rings. The summed E-state index contributed by atoms with van der Waals surface area (Å²) < 4.78 is 140. The molecule has 36 nitrogen and oxygen atoms in total. The predicted octanol–water partition coefficient (Wildman–Crippen LogP) is -4.32. The van der Waals surface area contributed by atoms with E-state index >= 15 is 0 Å². The molecule has 2 aliphatic heterocycles. The van der Waals surface area contributed by atoms with E-state index in [-0.39, 0.29) is 182 Å². The molecule has 2 saturated heterocycles.